The van der Waals surface area contributed by atoms with Crippen molar-refractivity contribution < 1.29 is 0 Å². The van der Waals surface area contributed by atoms with Crippen molar-refractivity contribution in [2.45, 2.75) is 39.2 Å². The van der Waals surface area contributed by atoms with Gasteiger partial charge >= 0.3 is 0 Å². The fraction of sp³-hybridized carbons (Fsp3) is 0.500. The van der Waals surface area contributed by atoms with E-state index in [2.05, 4.69) is 45.0 Å². The molecule has 1 rings (SSSR count). The summed E-state index contributed by atoms with van der Waals surface area (Å²) in [6, 6.07) is 8.71. The molecule has 1 aromatic rings. The Hall–Kier alpha value is -0.530. The first-order valence-corrected chi connectivity index (χ1v) is 4.88. The first-order chi connectivity index (χ1) is 6.01. The van der Waals surface area contributed by atoms with Gasteiger partial charge in [0, 0.05) is 5.54 Å². The van der Waals surface area contributed by atoms with E-state index in [1.54, 1.807) is 0 Å². The van der Waals surface area contributed by atoms with Gasteiger partial charge in [0.2, 0.25) is 0 Å². The van der Waals surface area contributed by atoms with Gasteiger partial charge in [0.1, 0.15) is 0 Å². The minimum atomic E-state index is -0.103. The zero-order chi connectivity index (χ0) is 9.90. The average Bonchev–Trinajstić information content (AvgIpc) is 2.03. The molecule has 80 valence electrons. The lowest BCUT2D eigenvalue weighted by atomic mass is 9.95. The second-order valence-corrected chi connectivity index (χ2v) is 4.34. The number of nitrogens with two attached hydrogens (primary N) is 1. The standard InChI is InChI=1S/C12H19N.ClH/c1-4-10-5-7-11(8-6-10)9-12(2,3)13;/h5-8H,4,9,13H2,1-3H3;1H. The summed E-state index contributed by atoms with van der Waals surface area (Å²) in [6.07, 6.45) is 2.04. The molecule has 2 N–H and O–H groups in total. The molecule has 0 saturated heterocycles. The van der Waals surface area contributed by atoms with Gasteiger partial charge in [-0.25, -0.2) is 0 Å². The van der Waals surface area contributed by atoms with Crippen LogP contribution in [0.3, 0.4) is 0 Å². The summed E-state index contributed by atoms with van der Waals surface area (Å²) in [5.41, 5.74) is 8.55. The second kappa shape index (κ2) is 5.38. The highest BCUT2D eigenvalue weighted by Crippen LogP contribution is 2.11. The molecule has 0 aromatic heterocycles. The van der Waals surface area contributed by atoms with Gasteiger partial charge in [-0.1, -0.05) is 31.2 Å². The van der Waals surface area contributed by atoms with E-state index in [-0.39, 0.29) is 17.9 Å². The predicted molar refractivity (Wildman–Crippen MR) is 65.0 cm³/mol. The molecule has 1 nitrogen and oxygen atoms in total. The van der Waals surface area contributed by atoms with E-state index in [1.807, 2.05) is 0 Å². The molecule has 0 saturated carbocycles. The van der Waals surface area contributed by atoms with Crippen molar-refractivity contribution in [3.63, 3.8) is 0 Å². The Morgan fingerprint density at radius 3 is 1.86 bits per heavy atom. The highest BCUT2D eigenvalue weighted by atomic mass is 35.5. The number of rotatable bonds is 3. The van der Waals surface area contributed by atoms with Crippen LogP contribution in [0.4, 0.5) is 0 Å². The fourth-order valence-corrected chi connectivity index (χ4v) is 1.42. The van der Waals surface area contributed by atoms with Crippen molar-refractivity contribution in [2.24, 2.45) is 5.73 Å². The van der Waals surface area contributed by atoms with Crippen LogP contribution in [0.15, 0.2) is 24.3 Å². The molecule has 2 heteroatoms. The molecular weight excluding hydrogens is 194 g/mol. The maximum absolute atomic E-state index is 5.94. The molecule has 0 spiro atoms. The maximum atomic E-state index is 5.94. The number of halogens is 1. The third-order valence-electron chi connectivity index (χ3n) is 2.09. The van der Waals surface area contributed by atoms with Crippen molar-refractivity contribution in [1.82, 2.24) is 0 Å². The minimum Gasteiger partial charge on any atom is -0.325 e. The Labute approximate surface area is 93.1 Å². The monoisotopic (exact) mass is 213 g/mol. The molecule has 14 heavy (non-hydrogen) atoms. The van der Waals surface area contributed by atoms with Crippen LogP contribution >= 0.6 is 12.4 Å². The number of hydrogen-bond donors (Lipinski definition) is 1. The Morgan fingerprint density at radius 1 is 1.07 bits per heavy atom. The lowest BCUT2D eigenvalue weighted by molar-refractivity contribution is 0.517. The molecule has 0 aliphatic rings. The predicted octanol–water partition coefficient (Wildman–Crippen LogP) is 2.95. The first-order valence-electron chi connectivity index (χ1n) is 4.88. The Balaban J connectivity index is 0.00000169. The molecule has 0 amide bonds. The molecule has 0 fully saturated rings. The Kier molecular flexibility index (Phi) is 5.17. The van der Waals surface area contributed by atoms with Crippen LogP contribution in [0.25, 0.3) is 0 Å². The normalized spacial score (nSPS) is 10.9. The summed E-state index contributed by atoms with van der Waals surface area (Å²) in [7, 11) is 0. The highest BCUT2D eigenvalue weighted by Gasteiger charge is 2.10. The van der Waals surface area contributed by atoms with E-state index < -0.39 is 0 Å². The molecule has 0 radical (unpaired) electrons. The lowest BCUT2D eigenvalue weighted by Crippen LogP contribution is -2.34. The van der Waals surface area contributed by atoms with E-state index in [9.17, 15) is 0 Å². The summed E-state index contributed by atoms with van der Waals surface area (Å²) < 4.78 is 0. The maximum Gasteiger partial charge on any atom is 0.0138 e. The molecule has 0 unspecified atom stereocenters. The van der Waals surface area contributed by atoms with Crippen LogP contribution in [-0.4, -0.2) is 5.54 Å². The van der Waals surface area contributed by atoms with Crippen molar-refractivity contribution in [2.75, 3.05) is 0 Å². The molecular formula is C12H20ClN. The van der Waals surface area contributed by atoms with Crippen molar-refractivity contribution in [3.05, 3.63) is 35.4 Å². The van der Waals surface area contributed by atoms with Crippen LogP contribution in [0.5, 0.6) is 0 Å². The molecule has 0 aliphatic carbocycles. The average molecular weight is 214 g/mol. The minimum absolute atomic E-state index is 0. The number of aryl methyl sites for hydroxylation is 1. The van der Waals surface area contributed by atoms with Gasteiger partial charge in [0.15, 0.2) is 0 Å². The summed E-state index contributed by atoms with van der Waals surface area (Å²) in [4.78, 5) is 0. The molecule has 0 aliphatic heterocycles. The molecule has 1 aromatic carbocycles. The van der Waals surface area contributed by atoms with Crippen LogP contribution in [0.2, 0.25) is 0 Å². The SMILES string of the molecule is CCc1ccc(CC(C)(C)N)cc1.Cl. The van der Waals surface area contributed by atoms with Gasteiger partial charge in [-0.15, -0.1) is 12.4 Å². The highest BCUT2D eigenvalue weighted by molar-refractivity contribution is 5.85. The van der Waals surface area contributed by atoms with Crippen molar-refractivity contribution in [3.8, 4) is 0 Å². The summed E-state index contributed by atoms with van der Waals surface area (Å²) in [5.74, 6) is 0. The smallest absolute Gasteiger partial charge is 0.0138 e. The fourth-order valence-electron chi connectivity index (χ4n) is 1.42. The van der Waals surface area contributed by atoms with Gasteiger partial charge in [-0.2, -0.15) is 0 Å². The van der Waals surface area contributed by atoms with E-state index in [4.69, 9.17) is 5.73 Å². The van der Waals surface area contributed by atoms with E-state index in [1.165, 1.54) is 11.1 Å². The number of hydrogen-bond acceptors (Lipinski definition) is 1. The van der Waals surface area contributed by atoms with Crippen LogP contribution in [0.1, 0.15) is 31.9 Å². The molecule has 0 atom stereocenters. The van der Waals surface area contributed by atoms with Gasteiger partial charge in [-0.3, -0.25) is 0 Å². The van der Waals surface area contributed by atoms with Gasteiger partial charge in [0.25, 0.3) is 0 Å². The van der Waals surface area contributed by atoms with Crippen LogP contribution in [-0.2, 0) is 12.8 Å². The van der Waals surface area contributed by atoms with Gasteiger partial charge in [-0.05, 0) is 37.8 Å². The quantitative estimate of drug-likeness (QED) is 0.821. The van der Waals surface area contributed by atoms with E-state index in [0.717, 1.165) is 12.8 Å². The summed E-state index contributed by atoms with van der Waals surface area (Å²) in [6.45, 7) is 6.28. The zero-order valence-electron chi connectivity index (χ0n) is 9.21. The second-order valence-electron chi connectivity index (χ2n) is 4.34. The van der Waals surface area contributed by atoms with Crippen molar-refractivity contribution >= 4 is 12.4 Å². The van der Waals surface area contributed by atoms with Crippen LogP contribution in [0, 0.1) is 0 Å². The summed E-state index contributed by atoms with van der Waals surface area (Å²) >= 11 is 0. The third-order valence-corrected chi connectivity index (χ3v) is 2.09. The molecule has 0 bridgehead atoms. The topological polar surface area (TPSA) is 26.0 Å². The van der Waals surface area contributed by atoms with Crippen molar-refractivity contribution in [1.29, 1.82) is 0 Å². The zero-order valence-corrected chi connectivity index (χ0v) is 10.0. The largest absolute Gasteiger partial charge is 0.325 e. The van der Waals surface area contributed by atoms with Gasteiger partial charge in [0.05, 0.1) is 0 Å². The third kappa shape index (κ3) is 4.64. The van der Waals surface area contributed by atoms with E-state index in [0.29, 0.717) is 0 Å². The lowest BCUT2D eigenvalue weighted by Gasteiger charge is -2.18. The molecule has 0 heterocycles. The Bertz CT molecular complexity index is 259. The first kappa shape index (κ1) is 13.5. The van der Waals surface area contributed by atoms with Gasteiger partial charge < -0.3 is 5.73 Å². The van der Waals surface area contributed by atoms with E-state index >= 15 is 0 Å². The number of benzene rings is 1. The Morgan fingerprint density at radius 2 is 1.50 bits per heavy atom. The van der Waals surface area contributed by atoms with Crippen LogP contribution < -0.4 is 5.73 Å². The summed E-state index contributed by atoms with van der Waals surface area (Å²) in [5, 5.41) is 0.